The van der Waals surface area contributed by atoms with Gasteiger partial charge in [-0.3, -0.25) is 4.98 Å². The fraction of sp³-hybridized carbons (Fsp3) is 0.143. The number of hydrazone groups is 1. The van der Waals surface area contributed by atoms with Gasteiger partial charge < -0.3 is 9.84 Å². The van der Waals surface area contributed by atoms with Crippen molar-refractivity contribution in [3.63, 3.8) is 0 Å². The molecule has 2 aromatic carbocycles. The van der Waals surface area contributed by atoms with Gasteiger partial charge in [-0.15, -0.1) is 0 Å². The molecule has 128 valence electrons. The van der Waals surface area contributed by atoms with Crippen molar-refractivity contribution >= 4 is 5.71 Å². The minimum atomic E-state index is -0.307. The summed E-state index contributed by atoms with van der Waals surface area (Å²) in [6.07, 6.45) is 4.07. The molecule has 3 heterocycles. The third-order valence-electron chi connectivity index (χ3n) is 4.87. The lowest BCUT2D eigenvalue weighted by atomic mass is 9.96. The van der Waals surface area contributed by atoms with Crippen molar-refractivity contribution in [2.75, 3.05) is 0 Å². The van der Waals surface area contributed by atoms with Crippen LogP contribution in [0.3, 0.4) is 0 Å². The third-order valence-corrected chi connectivity index (χ3v) is 4.87. The number of fused-ring (bicyclic) bond motifs is 3. The number of para-hydroxylation sites is 1. The van der Waals surface area contributed by atoms with Gasteiger partial charge >= 0.3 is 0 Å². The third kappa shape index (κ3) is 2.40. The Bertz CT molecular complexity index is 970. The summed E-state index contributed by atoms with van der Waals surface area (Å²) in [5.74, 6) is 1.15. The van der Waals surface area contributed by atoms with Crippen molar-refractivity contribution < 1.29 is 9.84 Å². The summed E-state index contributed by atoms with van der Waals surface area (Å²) in [6.45, 7) is 0. The van der Waals surface area contributed by atoms with Crippen molar-refractivity contribution in [3.05, 3.63) is 89.7 Å². The van der Waals surface area contributed by atoms with E-state index in [1.807, 2.05) is 53.7 Å². The molecule has 0 bridgehead atoms. The number of ether oxygens (including phenoxy) is 1. The van der Waals surface area contributed by atoms with E-state index < -0.39 is 0 Å². The molecule has 1 aromatic heterocycles. The molecule has 3 aromatic rings. The van der Waals surface area contributed by atoms with Crippen molar-refractivity contribution in [1.82, 2.24) is 9.99 Å². The first-order chi connectivity index (χ1) is 12.8. The van der Waals surface area contributed by atoms with Crippen LogP contribution in [0, 0.1) is 0 Å². The van der Waals surface area contributed by atoms with Crippen molar-refractivity contribution in [3.8, 4) is 11.5 Å². The van der Waals surface area contributed by atoms with Crippen LogP contribution in [0.25, 0.3) is 0 Å². The number of aromatic hydroxyl groups is 1. The van der Waals surface area contributed by atoms with Gasteiger partial charge in [0, 0.05) is 29.9 Å². The van der Waals surface area contributed by atoms with E-state index in [-0.39, 0.29) is 18.0 Å². The van der Waals surface area contributed by atoms with Crippen LogP contribution in [0.2, 0.25) is 0 Å². The fourth-order valence-electron chi connectivity index (χ4n) is 3.60. The molecule has 0 aliphatic carbocycles. The Labute approximate surface area is 151 Å². The van der Waals surface area contributed by atoms with Gasteiger partial charge in [0.05, 0.1) is 11.8 Å². The number of aromatic nitrogens is 1. The van der Waals surface area contributed by atoms with Crippen LogP contribution in [0.5, 0.6) is 11.5 Å². The van der Waals surface area contributed by atoms with Crippen LogP contribution >= 0.6 is 0 Å². The Balaban J connectivity index is 1.59. The summed E-state index contributed by atoms with van der Waals surface area (Å²) in [6, 6.07) is 19.4. The molecule has 1 N–H and O–H groups in total. The van der Waals surface area contributed by atoms with Crippen LogP contribution in [0.4, 0.5) is 0 Å². The largest absolute Gasteiger partial charge is 0.508 e. The lowest BCUT2D eigenvalue weighted by molar-refractivity contribution is -0.0192. The number of nitrogens with zero attached hydrogens (tertiary/aromatic N) is 3. The molecule has 2 atom stereocenters. The van der Waals surface area contributed by atoms with E-state index >= 15 is 0 Å². The van der Waals surface area contributed by atoms with Crippen LogP contribution < -0.4 is 4.74 Å². The van der Waals surface area contributed by atoms with Gasteiger partial charge in [-0.2, -0.15) is 5.10 Å². The maximum Gasteiger partial charge on any atom is 0.215 e. The first-order valence-corrected chi connectivity index (χ1v) is 8.60. The second-order valence-corrected chi connectivity index (χ2v) is 6.49. The smallest absolute Gasteiger partial charge is 0.215 e. The van der Waals surface area contributed by atoms with Gasteiger partial charge in [0.1, 0.15) is 11.5 Å². The summed E-state index contributed by atoms with van der Waals surface area (Å²) in [7, 11) is 0. The van der Waals surface area contributed by atoms with E-state index in [0.717, 1.165) is 34.6 Å². The molecule has 2 aliphatic rings. The maximum absolute atomic E-state index is 9.55. The Hall–Kier alpha value is -3.34. The lowest BCUT2D eigenvalue weighted by Gasteiger charge is -2.38. The zero-order chi connectivity index (χ0) is 17.5. The molecule has 0 fully saturated rings. The Morgan fingerprint density at radius 3 is 2.65 bits per heavy atom. The Morgan fingerprint density at radius 2 is 1.85 bits per heavy atom. The minimum absolute atomic E-state index is 0.119. The van der Waals surface area contributed by atoms with Gasteiger partial charge in [0.2, 0.25) is 6.23 Å². The molecule has 0 radical (unpaired) electrons. The number of hydrogen-bond acceptors (Lipinski definition) is 5. The first kappa shape index (κ1) is 15.0. The Morgan fingerprint density at radius 1 is 1.00 bits per heavy atom. The van der Waals surface area contributed by atoms with Crippen LogP contribution in [0.1, 0.15) is 35.4 Å². The van der Waals surface area contributed by atoms with Crippen molar-refractivity contribution in [1.29, 1.82) is 0 Å². The fourth-order valence-corrected chi connectivity index (χ4v) is 3.60. The molecule has 5 rings (SSSR count). The van der Waals surface area contributed by atoms with Crippen LogP contribution in [0.15, 0.2) is 78.2 Å². The molecule has 26 heavy (non-hydrogen) atoms. The molecule has 0 unspecified atom stereocenters. The highest BCUT2D eigenvalue weighted by Crippen LogP contribution is 2.47. The van der Waals surface area contributed by atoms with Gasteiger partial charge in [0.15, 0.2) is 0 Å². The lowest BCUT2D eigenvalue weighted by Crippen LogP contribution is -2.33. The first-order valence-electron chi connectivity index (χ1n) is 8.60. The zero-order valence-corrected chi connectivity index (χ0v) is 14.0. The molecule has 2 aliphatic heterocycles. The SMILES string of the molecule is Oc1ccc(C2=NN3[C@@H](C2)c2ccccc2O[C@H]3c2cccnc2)cc1. The second kappa shape index (κ2) is 5.88. The van der Waals surface area contributed by atoms with E-state index in [2.05, 4.69) is 11.1 Å². The average Bonchev–Trinajstić information content (AvgIpc) is 3.14. The van der Waals surface area contributed by atoms with Crippen molar-refractivity contribution in [2.45, 2.75) is 18.7 Å². The quantitative estimate of drug-likeness (QED) is 0.763. The van der Waals surface area contributed by atoms with Gasteiger partial charge in [0.25, 0.3) is 0 Å². The van der Waals surface area contributed by atoms with E-state index in [1.165, 1.54) is 0 Å². The summed E-state index contributed by atoms with van der Waals surface area (Å²) < 4.78 is 6.27. The highest BCUT2D eigenvalue weighted by molar-refractivity contribution is 6.02. The number of pyridine rings is 1. The van der Waals surface area contributed by atoms with Crippen LogP contribution in [-0.2, 0) is 0 Å². The molecule has 5 heteroatoms. The van der Waals surface area contributed by atoms with E-state index in [4.69, 9.17) is 9.84 Å². The molecular formula is C21H17N3O2. The summed E-state index contributed by atoms with van der Waals surface area (Å²) in [5.41, 5.74) is 4.12. The van der Waals surface area contributed by atoms with E-state index in [0.29, 0.717) is 0 Å². The van der Waals surface area contributed by atoms with E-state index in [1.54, 1.807) is 18.3 Å². The standard InChI is InChI=1S/C21H17N3O2/c25-16-9-7-14(8-10-16)18-12-19-17-5-1-2-6-20(17)26-21(24(19)23-18)15-4-3-11-22-13-15/h1-11,13,19,21,25H,12H2/t19-,21-/m0/s1. The summed E-state index contributed by atoms with van der Waals surface area (Å²) >= 11 is 0. The second-order valence-electron chi connectivity index (χ2n) is 6.49. The predicted octanol–water partition coefficient (Wildman–Crippen LogP) is 4.03. The summed E-state index contributed by atoms with van der Waals surface area (Å²) in [4.78, 5) is 4.23. The maximum atomic E-state index is 9.55. The molecule has 5 nitrogen and oxygen atoms in total. The normalized spacial score (nSPS) is 20.8. The molecular weight excluding hydrogens is 326 g/mol. The molecule has 0 amide bonds. The predicted molar refractivity (Wildman–Crippen MR) is 97.9 cm³/mol. The highest BCUT2D eigenvalue weighted by atomic mass is 16.5. The van der Waals surface area contributed by atoms with Crippen molar-refractivity contribution in [2.24, 2.45) is 5.10 Å². The zero-order valence-electron chi connectivity index (χ0n) is 14.0. The number of benzene rings is 2. The van der Waals surface area contributed by atoms with Crippen LogP contribution in [-0.4, -0.2) is 20.8 Å². The Kier molecular flexibility index (Phi) is 3.38. The number of phenols is 1. The van der Waals surface area contributed by atoms with Gasteiger partial charge in [-0.1, -0.05) is 24.3 Å². The highest BCUT2D eigenvalue weighted by Gasteiger charge is 2.40. The monoisotopic (exact) mass is 343 g/mol. The number of phenolic OH excluding ortho intramolecular Hbond substituents is 1. The molecule has 0 spiro atoms. The molecule has 0 saturated heterocycles. The summed E-state index contributed by atoms with van der Waals surface area (Å²) in [5, 5.41) is 16.5. The number of hydrogen-bond donors (Lipinski definition) is 1. The average molecular weight is 343 g/mol. The van der Waals surface area contributed by atoms with E-state index in [9.17, 15) is 5.11 Å². The topological polar surface area (TPSA) is 58.0 Å². The molecule has 0 saturated carbocycles. The number of rotatable bonds is 2. The van der Waals surface area contributed by atoms with Gasteiger partial charge in [-0.05, 0) is 42.0 Å². The minimum Gasteiger partial charge on any atom is -0.508 e. The van der Waals surface area contributed by atoms with Gasteiger partial charge in [-0.25, -0.2) is 5.01 Å².